The second kappa shape index (κ2) is 6.19. The Labute approximate surface area is 107 Å². The Kier molecular flexibility index (Phi) is 4.34. The quantitative estimate of drug-likeness (QED) is 0.632. The molecule has 1 saturated carbocycles. The van der Waals surface area contributed by atoms with Crippen molar-refractivity contribution in [1.29, 1.82) is 0 Å². The maximum Gasteiger partial charge on any atom is 0.335 e. The number of carbonyl (C=O) groups is 1. The van der Waals surface area contributed by atoms with Gasteiger partial charge in [0.25, 0.3) is 0 Å². The second-order valence-electron chi connectivity index (χ2n) is 4.67. The summed E-state index contributed by atoms with van der Waals surface area (Å²) >= 11 is 0. The Balaban J connectivity index is 1.85. The minimum absolute atomic E-state index is 0.289. The van der Waals surface area contributed by atoms with Gasteiger partial charge in [0.05, 0.1) is 11.3 Å². The van der Waals surface area contributed by atoms with Crippen molar-refractivity contribution in [2.75, 3.05) is 5.43 Å². The highest BCUT2D eigenvalue weighted by molar-refractivity contribution is 5.88. The Morgan fingerprint density at radius 1 is 1.22 bits per heavy atom. The predicted molar refractivity (Wildman–Crippen MR) is 72.1 cm³/mol. The number of hydrogen-bond acceptors (Lipinski definition) is 3. The average Bonchev–Trinajstić information content (AvgIpc) is 2.40. The third kappa shape index (κ3) is 3.58. The van der Waals surface area contributed by atoms with E-state index in [0.29, 0.717) is 5.92 Å². The molecule has 1 aliphatic carbocycles. The van der Waals surface area contributed by atoms with Gasteiger partial charge in [0.1, 0.15) is 0 Å². The van der Waals surface area contributed by atoms with Crippen LogP contribution in [0.15, 0.2) is 29.4 Å². The number of nitrogens with zero attached hydrogens (tertiary/aromatic N) is 1. The Morgan fingerprint density at radius 3 is 2.50 bits per heavy atom. The molecule has 1 fully saturated rings. The van der Waals surface area contributed by atoms with Gasteiger partial charge in [-0.2, -0.15) is 5.10 Å². The van der Waals surface area contributed by atoms with Gasteiger partial charge in [0, 0.05) is 6.21 Å². The fourth-order valence-electron chi connectivity index (χ4n) is 2.19. The summed E-state index contributed by atoms with van der Waals surface area (Å²) in [6, 6.07) is 6.59. The first-order chi connectivity index (χ1) is 8.75. The van der Waals surface area contributed by atoms with Crippen LogP contribution in [0, 0.1) is 5.92 Å². The zero-order valence-electron chi connectivity index (χ0n) is 10.3. The van der Waals surface area contributed by atoms with Gasteiger partial charge in [-0.1, -0.05) is 19.3 Å². The third-order valence-corrected chi connectivity index (χ3v) is 3.26. The summed E-state index contributed by atoms with van der Waals surface area (Å²) in [6.07, 6.45) is 8.36. The van der Waals surface area contributed by atoms with E-state index in [0.717, 1.165) is 5.69 Å². The van der Waals surface area contributed by atoms with Gasteiger partial charge in [-0.15, -0.1) is 0 Å². The van der Waals surface area contributed by atoms with Crippen molar-refractivity contribution in [1.82, 2.24) is 0 Å². The number of carboxylic acid groups (broad SMARTS) is 1. The normalized spacial score (nSPS) is 16.9. The Morgan fingerprint density at radius 2 is 1.89 bits per heavy atom. The molecular weight excluding hydrogens is 228 g/mol. The van der Waals surface area contributed by atoms with Crippen LogP contribution in [0.3, 0.4) is 0 Å². The first kappa shape index (κ1) is 12.6. The fourth-order valence-corrected chi connectivity index (χ4v) is 2.19. The number of hydrogen-bond donors (Lipinski definition) is 2. The van der Waals surface area contributed by atoms with Gasteiger partial charge in [0.15, 0.2) is 0 Å². The van der Waals surface area contributed by atoms with Crippen LogP contribution in [0.2, 0.25) is 0 Å². The minimum Gasteiger partial charge on any atom is -0.478 e. The van der Waals surface area contributed by atoms with Crippen LogP contribution in [0.5, 0.6) is 0 Å². The molecule has 4 nitrogen and oxygen atoms in total. The molecule has 2 N–H and O–H groups in total. The van der Waals surface area contributed by atoms with Crippen molar-refractivity contribution in [3.05, 3.63) is 29.8 Å². The van der Waals surface area contributed by atoms with Crippen LogP contribution < -0.4 is 5.43 Å². The topological polar surface area (TPSA) is 61.7 Å². The van der Waals surface area contributed by atoms with Gasteiger partial charge in [-0.25, -0.2) is 4.79 Å². The van der Waals surface area contributed by atoms with Gasteiger partial charge in [-0.05, 0) is 43.0 Å². The van der Waals surface area contributed by atoms with E-state index in [9.17, 15) is 4.79 Å². The smallest absolute Gasteiger partial charge is 0.335 e. The number of rotatable bonds is 4. The van der Waals surface area contributed by atoms with Crippen molar-refractivity contribution in [3.8, 4) is 0 Å². The lowest BCUT2D eigenvalue weighted by atomic mass is 9.90. The molecule has 2 rings (SSSR count). The van der Waals surface area contributed by atoms with Crippen molar-refractivity contribution in [2.24, 2.45) is 11.0 Å². The fraction of sp³-hybridized carbons (Fsp3) is 0.429. The van der Waals surface area contributed by atoms with Crippen molar-refractivity contribution >= 4 is 17.9 Å². The summed E-state index contributed by atoms with van der Waals surface area (Å²) in [5, 5.41) is 13.0. The molecule has 0 unspecified atom stereocenters. The monoisotopic (exact) mass is 246 g/mol. The van der Waals surface area contributed by atoms with Gasteiger partial charge >= 0.3 is 5.97 Å². The third-order valence-electron chi connectivity index (χ3n) is 3.26. The molecule has 0 heterocycles. The molecule has 0 amide bonds. The maximum absolute atomic E-state index is 10.7. The zero-order chi connectivity index (χ0) is 12.8. The molecule has 4 heteroatoms. The molecule has 0 radical (unpaired) electrons. The summed E-state index contributed by atoms with van der Waals surface area (Å²) < 4.78 is 0. The van der Waals surface area contributed by atoms with Crippen LogP contribution in [0.25, 0.3) is 0 Å². The predicted octanol–water partition coefficient (Wildman–Crippen LogP) is 3.36. The molecule has 0 aromatic heterocycles. The Bertz CT molecular complexity index is 420. The molecule has 18 heavy (non-hydrogen) atoms. The highest BCUT2D eigenvalue weighted by Gasteiger charge is 2.10. The SMILES string of the molecule is O=C(O)c1ccc(N/N=C\C2CCCCC2)cc1. The zero-order valence-corrected chi connectivity index (χ0v) is 10.3. The molecule has 0 saturated heterocycles. The van der Waals surface area contributed by atoms with E-state index in [2.05, 4.69) is 10.5 Å². The lowest BCUT2D eigenvalue weighted by Gasteiger charge is -2.16. The van der Waals surface area contributed by atoms with Crippen LogP contribution >= 0.6 is 0 Å². The van der Waals surface area contributed by atoms with E-state index >= 15 is 0 Å². The van der Waals surface area contributed by atoms with Crippen molar-refractivity contribution < 1.29 is 9.90 Å². The highest BCUT2D eigenvalue weighted by Crippen LogP contribution is 2.21. The van der Waals surface area contributed by atoms with Crippen molar-refractivity contribution in [3.63, 3.8) is 0 Å². The molecule has 0 spiro atoms. The summed E-state index contributed by atoms with van der Waals surface area (Å²) in [7, 11) is 0. The molecular formula is C14H18N2O2. The van der Waals surface area contributed by atoms with Crippen LogP contribution in [-0.4, -0.2) is 17.3 Å². The number of nitrogens with one attached hydrogen (secondary N) is 1. The van der Waals surface area contributed by atoms with E-state index in [4.69, 9.17) is 5.11 Å². The first-order valence-electron chi connectivity index (χ1n) is 6.38. The molecule has 0 aliphatic heterocycles. The van der Waals surface area contributed by atoms with E-state index in [-0.39, 0.29) is 5.56 Å². The maximum atomic E-state index is 10.7. The highest BCUT2D eigenvalue weighted by atomic mass is 16.4. The number of anilines is 1. The molecule has 0 atom stereocenters. The average molecular weight is 246 g/mol. The first-order valence-corrected chi connectivity index (χ1v) is 6.38. The van der Waals surface area contributed by atoms with Crippen LogP contribution in [0.1, 0.15) is 42.5 Å². The van der Waals surface area contributed by atoms with Crippen molar-refractivity contribution in [2.45, 2.75) is 32.1 Å². The summed E-state index contributed by atoms with van der Waals surface area (Å²) in [5.74, 6) is -0.322. The lowest BCUT2D eigenvalue weighted by molar-refractivity contribution is 0.0697. The molecule has 1 aromatic rings. The number of hydrazone groups is 1. The standard InChI is InChI=1S/C14H18N2O2/c17-14(18)12-6-8-13(9-7-12)16-15-10-11-4-2-1-3-5-11/h6-11,16H,1-5H2,(H,17,18)/b15-10-. The number of aromatic carboxylic acids is 1. The van der Waals surface area contributed by atoms with E-state index in [1.807, 2.05) is 6.21 Å². The van der Waals surface area contributed by atoms with Gasteiger partial charge in [-0.3, -0.25) is 5.43 Å². The molecule has 0 bridgehead atoms. The second-order valence-corrected chi connectivity index (χ2v) is 4.67. The summed E-state index contributed by atoms with van der Waals surface area (Å²) in [4.78, 5) is 10.7. The minimum atomic E-state index is -0.910. The van der Waals surface area contributed by atoms with E-state index < -0.39 is 5.97 Å². The molecule has 1 aromatic carbocycles. The van der Waals surface area contributed by atoms with Gasteiger partial charge < -0.3 is 5.11 Å². The lowest BCUT2D eigenvalue weighted by Crippen LogP contribution is -2.08. The number of benzene rings is 1. The molecule has 1 aliphatic rings. The number of carboxylic acids is 1. The summed E-state index contributed by atoms with van der Waals surface area (Å²) in [5.41, 5.74) is 4.04. The van der Waals surface area contributed by atoms with E-state index in [1.54, 1.807) is 24.3 Å². The largest absolute Gasteiger partial charge is 0.478 e. The summed E-state index contributed by atoms with van der Waals surface area (Å²) in [6.45, 7) is 0. The van der Waals surface area contributed by atoms with Gasteiger partial charge in [0.2, 0.25) is 0 Å². The Hall–Kier alpha value is -1.84. The van der Waals surface area contributed by atoms with E-state index in [1.165, 1.54) is 32.1 Å². The van der Waals surface area contributed by atoms with Crippen LogP contribution in [-0.2, 0) is 0 Å². The van der Waals surface area contributed by atoms with Crippen LogP contribution in [0.4, 0.5) is 5.69 Å². The molecule has 96 valence electrons.